The summed E-state index contributed by atoms with van der Waals surface area (Å²) in [6.45, 7) is 1.76. The SMILES string of the molecule is CC1(S(=O)(=O)c2cccc(C(F)(F)F)c2)CCOC(c2ccc(-n3cncn3)cc2)C1. The molecule has 0 amide bonds. The highest BCUT2D eigenvalue weighted by atomic mass is 32.2. The Labute approximate surface area is 177 Å². The summed E-state index contributed by atoms with van der Waals surface area (Å²) in [5.41, 5.74) is 0.593. The Morgan fingerprint density at radius 3 is 2.55 bits per heavy atom. The molecule has 164 valence electrons. The fourth-order valence-electron chi connectivity index (χ4n) is 3.74. The van der Waals surface area contributed by atoms with E-state index in [2.05, 4.69) is 10.1 Å². The van der Waals surface area contributed by atoms with E-state index in [-0.39, 0.29) is 24.3 Å². The summed E-state index contributed by atoms with van der Waals surface area (Å²) in [6.07, 6.45) is -1.80. The molecule has 6 nitrogen and oxygen atoms in total. The third kappa shape index (κ3) is 4.09. The van der Waals surface area contributed by atoms with Crippen molar-refractivity contribution in [3.05, 3.63) is 72.3 Å². The van der Waals surface area contributed by atoms with Gasteiger partial charge in [-0.2, -0.15) is 18.3 Å². The number of hydrogen-bond acceptors (Lipinski definition) is 5. The van der Waals surface area contributed by atoms with Crippen LogP contribution in [-0.2, 0) is 20.8 Å². The third-order valence-corrected chi connectivity index (χ3v) is 8.18. The number of hydrogen-bond donors (Lipinski definition) is 0. The molecular formula is C21H20F3N3O3S. The van der Waals surface area contributed by atoms with Crippen molar-refractivity contribution >= 4 is 9.84 Å². The normalized spacial score (nSPS) is 22.4. The van der Waals surface area contributed by atoms with Crippen LogP contribution in [0.4, 0.5) is 13.2 Å². The maximum Gasteiger partial charge on any atom is 0.416 e. The van der Waals surface area contributed by atoms with E-state index in [4.69, 9.17) is 4.74 Å². The van der Waals surface area contributed by atoms with Gasteiger partial charge in [-0.1, -0.05) is 18.2 Å². The van der Waals surface area contributed by atoms with E-state index in [0.717, 1.165) is 23.4 Å². The standard InChI is InChI=1S/C21H20F3N3O3S/c1-20(31(28,29)18-4-2-3-16(11-18)21(22,23)24)9-10-30-19(12-20)15-5-7-17(8-6-15)27-14-25-13-26-27/h2-8,11,13-14,19H,9-10,12H2,1H3. The summed E-state index contributed by atoms with van der Waals surface area (Å²) in [6, 6.07) is 11.2. The molecule has 1 saturated heterocycles. The number of rotatable bonds is 4. The number of alkyl halides is 3. The van der Waals surface area contributed by atoms with Crippen molar-refractivity contribution in [3.63, 3.8) is 0 Å². The summed E-state index contributed by atoms with van der Waals surface area (Å²) >= 11 is 0. The van der Waals surface area contributed by atoms with Gasteiger partial charge in [0.2, 0.25) is 0 Å². The predicted octanol–water partition coefficient (Wildman–Crippen LogP) is 4.37. The minimum Gasteiger partial charge on any atom is -0.373 e. The van der Waals surface area contributed by atoms with Gasteiger partial charge in [0.15, 0.2) is 9.84 Å². The van der Waals surface area contributed by atoms with Gasteiger partial charge in [-0.15, -0.1) is 0 Å². The molecule has 2 atom stereocenters. The van der Waals surface area contributed by atoms with Crippen LogP contribution >= 0.6 is 0 Å². The Kier molecular flexibility index (Phi) is 5.38. The molecule has 1 aliphatic heterocycles. The van der Waals surface area contributed by atoms with Crippen LogP contribution in [-0.4, -0.2) is 34.5 Å². The zero-order valence-electron chi connectivity index (χ0n) is 16.6. The van der Waals surface area contributed by atoms with E-state index in [1.807, 2.05) is 24.3 Å². The molecule has 0 bridgehead atoms. The predicted molar refractivity (Wildman–Crippen MR) is 106 cm³/mol. The van der Waals surface area contributed by atoms with Gasteiger partial charge in [0, 0.05) is 6.61 Å². The van der Waals surface area contributed by atoms with Crippen LogP contribution in [0.25, 0.3) is 5.69 Å². The lowest BCUT2D eigenvalue weighted by molar-refractivity contribution is -0.137. The number of benzene rings is 2. The lowest BCUT2D eigenvalue weighted by Crippen LogP contribution is -2.42. The maximum atomic E-state index is 13.3. The number of aromatic nitrogens is 3. The minimum absolute atomic E-state index is 0.133. The molecule has 0 radical (unpaired) electrons. The van der Waals surface area contributed by atoms with Crippen molar-refractivity contribution < 1.29 is 26.3 Å². The molecule has 3 aromatic rings. The molecule has 2 aromatic carbocycles. The van der Waals surface area contributed by atoms with E-state index < -0.39 is 32.4 Å². The van der Waals surface area contributed by atoms with Gasteiger partial charge >= 0.3 is 6.18 Å². The number of halogens is 3. The Balaban J connectivity index is 1.61. The molecule has 1 aromatic heterocycles. The largest absolute Gasteiger partial charge is 0.416 e. The first-order chi connectivity index (χ1) is 14.6. The summed E-state index contributed by atoms with van der Waals surface area (Å²) < 4.78 is 72.1. The topological polar surface area (TPSA) is 74.1 Å². The van der Waals surface area contributed by atoms with Gasteiger partial charge < -0.3 is 4.74 Å². The van der Waals surface area contributed by atoms with Crippen molar-refractivity contribution in [3.8, 4) is 5.69 Å². The van der Waals surface area contributed by atoms with Crippen LogP contribution in [0.15, 0.2) is 66.1 Å². The smallest absolute Gasteiger partial charge is 0.373 e. The zero-order valence-corrected chi connectivity index (χ0v) is 17.4. The number of ether oxygens (including phenoxy) is 1. The quantitative estimate of drug-likeness (QED) is 0.589. The second-order valence-corrected chi connectivity index (χ2v) is 10.2. The summed E-state index contributed by atoms with van der Waals surface area (Å²) in [7, 11) is -4.03. The Bertz CT molecular complexity index is 1160. The van der Waals surface area contributed by atoms with Crippen LogP contribution in [0.1, 0.15) is 37.0 Å². The molecule has 0 spiro atoms. The van der Waals surface area contributed by atoms with Crippen molar-refractivity contribution in [2.45, 2.75) is 41.7 Å². The molecule has 2 heterocycles. The Morgan fingerprint density at radius 1 is 1.16 bits per heavy atom. The number of nitrogens with zero attached hydrogens (tertiary/aromatic N) is 3. The molecule has 1 aliphatic rings. The molecule has 0 saturated carbocycles. The zero-order chi connectivity index (χ0) is 22.3. The van der Waals surface area contributed by atoms with Crippen molar-refractivity contribution in [2.75, 3.05) is 6.61 Å². The summed E-state index contributed by atoms with van der Waals surface area (Å²) in [4.78, 5) is 3.57. The average molecular weight is 451 g/mol. The minimum atomic E-state index is -4.61. The van der Waals surface area contributed by atoms with E-state index in [0.29, 0.717) is 6.07 Å². The molecule has 10 heteroatoms. The highest BCUT2D eigenvalue weighted by molar-refractivity contribution is 7.92. The monoisotopic (exact) mass is 451 g/mol. The van der Waals surface area contributed by atoms with Gasteiger partial charge in [-0.05, 0) is 55.7 Å². The van der Waals surface area contributed by atoms with Crippen LogP contribution in [0.3, 0.4) is 0 Å². The van der Waals surface area contributed by atoms with Gasteiger partial charge in [0.05, 0.1) is 27.0 Å². The molecular weight excluding hydrogens is 431 g/mol. The first kappa shape index (κ1) is 21.5. The van der Waals surface area contributed by atoms with Gasteiger partial charge in [0.1, 0.15) is 12.7 Å². The first-order valence-corrected chi connectivity index (χ1v) is 11.1. The van der Waals surface area contributed by atoms with Crippen molar-refractivity contribution in [1.29, 1.82) is 0 Å². The lowest BCUT2D eigenvalue weighted by Gasteiger charge is -2.38. The maximum absolute atomic E-state index is 13.3. The lowest BCUT2D eigenvalue weighted by atomic mass is 9.92. The average Bonchev–Trinajstić information content (AvgIpc) is 3.28. The highest BCUT2D eigenvalue weighted by Gasteiger charge is 2.45. The van der Waals surface area contributed by atoms with Gasteiger partial charge in [-0.3, -0.25) is 0 Å². The van der Waals surface area contributed by atoms with Crippen LogP contribution < -0.4 is 0 Å². The third-order valence-electron chi connectivity index (χ3n) is 5.64. The van der Waals surface area contributed by atoms with Gasteiger partial charge in [-0.25, -0.2) is 18.1 Å². The van der Waals surface area contributed by atoms with Gasteiger partial charge in [0.25, 0.3) is 0 Å². The summed E-state index contributed by atoms with van der Waals surface area (Å²) in [5, 5.41) is 4.06. The van der Waals surface area contributed by atoms with E-state index in [1.54, 1.807) is 17.9 Å². The van der Waals surface area contributed by atoms with Crippen LogP contribution in [0, 0.1) is 0 Å². The van der Waals surface area contributed by atoms with Crippen molar-refractivity contribution in [1.82, 2.24) is 14.8 Å². The van der Waals surface area contributed by atoms with E-state index in [1.165, 1.54) is 12.4 Å². The molecule has 1 fully saturated rings. The van der Waals surface area contributed by atoms with E-state index in [9.17, 15) is 21.6 Å². The molecule has 4 rings (SSSR count). The van der Waals surface area contributed by atoms with Crippen LogP contribution in [0.5, 0.6) is 0 Å². The second kappa shape index (κ2) is 7.76. The molecule has 31 heavy (non-hydrogen) atoms. The fraction of sp³-hybridized carbons (Fsp3) is 0.333. The fourth-order valence-corrected chi connectivity index (χ4v) is 5.57. The molecule has 0 N–H and O–H groups in total. The number of sulfone groups is 1. The summed E-state index contributed by atoms with van der Waals surface area (Å²) in [5.74, 6) is 0. The first-order valence-electron chi connectivity index (χ1n) is 9.59. The van der Waals surface area contributed by atoms with Crippen LogP contribution in [0.2, 0.25) is 0 Å². The highest BCUT2D eigenvalue weighted by Crippen LogP contribution is 2.42. The molecule has 0 aliphatic carbocycles. The Morgan fingerprint density at radius 2 is 1.90 bits per heavy atom. The van der Waals surface area contributed by atoms with E-state index >= 15 is 0 Å². The molecule has 2 unspecified atom stereocenters. The Hall–Kier alpha value is -2.72. The van der Waals surface area contributed by atoms with Crippen molar-refractivity contribution in [2.24, 2.45) is 0 Å². The second-order valence-electron chi connectivity index (χ2n) is 7.72.